The molecule has 0 radical (unpaired) electrons. The third-order valence-electron chi connectivity index (χ3n) is 4.46. The number of methoxy groups -OCH3 is 2. The Morgan fingerprint density at radius 3 is 2.43 bits per heavy atom. The predicted molar refractivity (Wildman–Crippen MR) is 128 cm³/mol. The number of carbonyl (C=O) groups excluding carboxylic acids is 1. The van der Waals surface area contributed by atoms with Crippen LogP contribution >= 0.6 is 35.5 Å². The zero-order valence-corrected chi connectivity index (χ0v) is 20.1. The van der Waals surface area contributed by atoms with Crippen LogP contribution in [0.1, 0.15) is 10.4 Å². The molecular formula is C21H26ClN3O3S2. The van der Waals surface area contributed by atoms with Crippen molar-refractivity contribution in [3.8, 4) is 11.5 Å². The van der Waals surface area contributed by atoms with Crippen molar-refractivity contribution >= 4 is 56.8 Å². The minimum atomic E-state index is -0.114. The van der Waals surface area contributed by atoms with Crippen molar-refractivity contribution in [2.75, 3.05) is 52.6 Å². The predicted octanol–water partition coefficient (Wildman–Crippen LogP) is 4.67. The maximum atomic E-state index is 13.4. The molecule has 0 fully saturated rings. The Labute approximate surface area is 191 Å². The molecule has 0 aliphatic carbocycles. The molecule has 6 nitrogen and oxygen atoms in total. The van der Waals surface area contributed by atoms with E-state index in [1.807, 2.05) is 31.3 Å². The third-order valence-corrected chi connectivity index (χ3v) is 6.23. The van der Waals surface area contributed by atoms with Gasteiger partial charge in [0.2, 0.25) is 0 Å². The van der Waals surface area contributed by atoms with Crippen molar-refractivity contribution in [2.45, 2.75) is 4.90 Å². The number of amides is 1. The van der Waals surface area contributed by atoms with Crippen LogP contribution in [0.5, 0.6) is 11.5 Å². The molecule has 162 valence electrons. The van der Waals surface area contributed by atoms with E-state index in [1.165, 1.54) is 16.2 Å². The maximum absolute atomic E-state index is 13.4. The van der Waals surface area contributed by atoms with E-state index in [0.717, 1.165) is 16.8 Å². The average Bonchev–Trinajstić information content (AvgIpc) is 3.15. The Morgan fingerprint density at radius 1 is 1.07 bits per heavy atom. The number of nitrogens with zero attached hydrogens (tertiary/aromatic N) is 3. The fourth-order valence-corrected chi connectivity index (χ4v) is 4.39. The van der Waals surface area contributed by atoms with E-state index in [-0.39, 0.29) is 18.3 Å². The van der Waals surface area contributed by atoms with Crippen LogP contribution in [0.25, 0.3) is 10.2 Å². The molecule has 0 N–H and O–H groups in total. The van der Waals surface area contributed by atoms with Gasteiger partial charge in [-0.2, -0.15) is 0 Å². The van der Waals surface area contributed by atoms with Crippen molar-refractivity contribution in [3.05, 3.63) is 42.0 Å². The Kier molecular flexibility index (Phi) is 8.78. The number of ether oxygens (including phenoxy) is 2. The number of benzene rings is 2. The van der Waals surface area contributed by atoms with E-state index >= 15 is 0 Å². The van der Waals surface area contributed by atoms with Crippen molar-refractivity contribution in [3.63, 3.8) is 0 Å². The van der Waals surface area contributed by atoms with Gasteiger partial charge in [0.1, 0.15) is 0 Å². The van der Waals surface area contributed by atoms with Gasteiger partial charge in [0.25, 0.3) is 5.91 Å². The Bertz CT molecular complexity index is 1010. The number of likely N-dealkylation sites (N-methyl/N-ethyl adjacent to an activating group) is 1. The number of fused-ring (bicyclic) bond motifs is 1. The average molecular weight is 468 g/mol. The van der Waals surface area contributed by atoms with Crippen LogP contribution in [0, 0.1) is 0 Å². The number of anilines is 1. The van der Waals surface area contributed by atoms with Gasteiger partial charge in [0, 0.05) is 23.5 Å². The number of hydrogen-bond donors (Lipinski definition) is 0. The summed E-state index contributed by atoms with van der Waals surface area (Å²) in [5, 5.41) is 0.694. The lowest BCUT2D eigenvalue weighted by Gasteiger charge is -2.22. The SMILES string of the molecule is COc1ccc(C(=O)N(CCN(C)C)c2nc3ccc(SC)cc3s2)cc1OC.Cl. The van der Waals surface area contributed by atoms with E-state index < -0.39 is 0 Å². The number of hydrogen-bond acceptors (Lipinski definition) is 7. The molecule has 1 amide bonds. The first kappa shape index (κ1) is 24.3. The molecule has 1 heterocycles. The summed E-state index contributed by atoms with van der Waals surface area (Å²) in [4.78, 5) is 23.1. The number of thiazole rings is 1. The molecule has 30 heavy (non-hydrogen) atoms. The summed E-state index contributed by atoms with van der Waals surface area (Å²) in [5.74, 6) is 1.00. The zero-order valence-electron chi connectivity index (χ0n) is 17.7. The largest absolute Gasteiger partial charge is 0.493 e. The minimum Gasteiger partial charge on any atom is -0.493 e. The fourth-order valence-electron chi connectivity index (χ4n) is 2.84. The van der Waals surface area contributed by atoms with Gasteiger partial charge in [-0.25, -0.2) is 4.98 Å². The van der Waals surface area contributed by atoms with Crippen LogP contribution in [-0.4, -0.2) is 63.5 Å². The topological polar surface area (TPSA) is 54.9 Å². The first-order chi connectivity index (χ1) is 14.0. The summed E-state index contributed by atoms with van der Waals surface area (Å²) >= 11 is 3.23. The molecule has 0 spiro atoms. The molecule has 0 unspecified atom stereocenters. The third kappa shape index (κ3) is 5.37. The second-order valence-corrected chi connectivity index (χ2v) is 8.55. The molecule has 9 heteroatoms. The van der Waals surface area contributed by atoms with Gasteiger partial charge in [-0.05, 0) is 56.7 Å². The Morgan fingerprint density at radius 2 is 1.80 bits per heavy atom. The zero-order chi connectivity index (χ0) is 21.0. The van der Waals surface area contributed by atoms with Crippen molar-refractivity contribution < 1.29 is 14.3 Å². The fraction of sp³-hybridized carbons (Fsp3) is 0.333. The van der Waals surface area contributed by atoms with Crippen LogP contribution < -0.4 is 14.4 Å². The molecule has 0 aliphatic rings. The molecular weight excluding hydrogens is 442 g/mol. The van der Waals surface area contributed by atoms with Crippen molar-refractivity contribution in [2.24, 2.45) is 0 Å². The van der Waals surface area contributed by atoms with Gasteiger partial charge in [-0.15, -0.1) is 24.2 Å². The molecule has 2 aromatic carbocycles. The molecule has 0 atom stereocenters. The first-order valence-electron chi connectivity index (χ1n) is 9.10. The summed E-state index contributed by atoms with van der Waals surface area (Å²) in [5.41, 5.74) is 1.43. The van der Waals surface area contributed by atoms with Crippen LogP contribution in [-0.2, 0) is 0 Å². The van der Waals surface area contributed by atoms with Gasteiger partial charge in [-0.1, -0.05) is 11.3 Å². The van der Waals surface area contributed by atoms with Gasteiger partial charge in [-0.3, -0.25) is 9.69 Å². The lowest BCUT2D eigenvalue weighted by Crippen LogP contribution is -2.36. The number of carbonyl (C=O) groups is 1. The molecule has 0 saturated carbocycles. The number of aromatic nitrogens is 1. The van der Waals surface area contributed by atoms with E-state index in [1.54, 1.807) is 49.1 Å². The highest BCUT2D eigenvalue weighted by Crippen LogP contribution is 2.33. The van der Waals surface area contributed by atoms with Gasteiger partial charge in [0.15, 0.2) is 16.6 Å². The summed E-state index contributed by atoms with van der Waals surface area (Å²) in [7, 11) is 7.11. The lowest BCUT2D eigenvalue weighted by atomic mass is 10.1. The highest BCUT2D eigenvalue weighted by Gasteiger charge is 2.22. The minimum absolute atomic E-state index is 0. The highest BCUT2D eigenvalue weighted by molar-refractivity contribution is 7.98. The van der Waals surface area contributed by atoms with E-state index in [9.17, 15) is 4.79 Å². The summed E-state index contributed by atoms with van der Waals surface area (Å²) in [6.45, 7) is 1.26. The van der Waals surface area contributed by atoms with Crippen LogP contribution in [0.3, 0.4) is 0 Å². The smallest absolute Gasteiger partial charge is 0.260 e. The van der Waals surface area contributed by atoms with Gasteiger partial charge in [0.05, 0.1) is 24.4 Å². The summed E-state index contributed by atoms with van der Waals surface area (Å²) in [6, 6.07) is 11.4. The normalized spacial score (nSPS) is 10.7. The first-order valence-corrected chi connectivity index (χ1v) is 11.1. The monoisotopic (exact) mass is 467 g/mol. The molecule has 3 aromatic rings. The molecule has 0 saturated heterocycles. The van der Waals surface area contributed by atoms with Crippen LogP contribution in [0.2, 0.25) is 0 Å². The lowest BCUT2D eigenvalue weighted by molar-refractivity contribution is 0.0985. The Hall–Kier alpha value is -2.00. The molecule has 0 aliphatic heterocycles. The highest BCUT2D eigenvalue weighted by atomic mass is 35.5. The van der Waals surface area contributed by atoms with Crippen molar-refractivity contribution in [1.29, 1.82) is 0 Å². The molecule has 0 bridgehead atoms. The molecule has 3 rings (SSSR count). The maximum Gasteiger partial charge on any atom is 0.260 e. The second kappa shape index (κ2) is 10.9. The van der Waals surface area contributed by atoms with E-state index in [0.29, 0.717) is 28.7 Å². The van der Waals surface area contributed by atoms with Gasteiger partial charge < -0.3 is 14.4 Å². The number of halogens is 1. The second-order valence-electron chi connectivity index (χ2n) is 6.66. The number of thioether (sulfide) groups is 1. The Balaban J connectivity index is 0.00000320. The number of rotatable bonds is 8. The van der Waals surface area contributed by atoms with Crippen molar-refractivity contribution in [1.82, 2.24) is 9.88 Å². The summed E-state index contributed by atoms with van der Waals surface area (Å²) < 4.78 is 11.7. The van der Waals surface area contributed by atoms with Crippen LogP contribution in [0.4, 0.5) is 5.13 Å². The quantitative estimate of drug-likeness (QED) is 0.449. The standard InChI is InChI=1S/C21H25N3O3S2.ClH/c1-23(2)10-11-24(20(25)14-6-9-17(26-3)18(12-14)27-4)21-22-16-8-7-15(28-5)13-19(16)29-21;/h6-9,12-13H,10-11H2,1-5H3;1H. The van der Waals surface area contributed by atoms with Gasteiger partial charge >= 0.3 is 0 Å². The molecule has 1 aromatic heterocycles. The van der Waals surface area contributed by atoms with Crippen LogP contribution in [0.15, 0.2) is 41.3 Å². The van der Waals surface area contributed by atoms with E-state index in [4.69, 9.17) is 14.5 Å². The van der Waals surface area contributed by atoms with E-state index in [2.05, 4.69) is 12.1 Å². The summed E-state index contributed by atoms with van der Waals surface area (Å²) in [6.07, 6.45) is 2.05.